The van der Waals surface area contributed by atoms with Gasteiger partial charge in [0, 0.05) is 23.7 Å². The van der Waals surface area contributed by atoms with Crippen LogP contribution in [0, 0.1) is 0 Å². The zero-order valence-corrected chi connectivity index (χ0v) is 11.7. The molecule has 5 heteroatoms. The van der Waals surface area contributed by atoms with E-state index in [-0.39, 0.29) is 11.8 Å². The summed E-state index contributed by atoms with van der Waals surface area (Å²) in [5.74, 6) is -0.0465. The molecule has 0 aromatic heterocycles. The zero-order valence-electron chi connectivity index (χ0n) is 11.7. The van der Waals surface area contributed by atoms with E-state index in [1.165, 1.54) is 0 Å². The van der Waals surface area contributed by atoms with Crippen molar-refractivity contribution in [3.63, 3.8) is 0 Å². The molecule has 1 aromatic carbocycles. The molecule has 108 valence electrons. The Kier molecular flexibility index (Phi) is 5.12. The molecule has 1 aliphatic carbocycles. The largest absolute Gasteiger partial charge is 0.349 e. The van der Waals surface area contributed by atoms with Crippen molar-refractivity contribution in [2.24, 2.45) is 0 Å². The van der Waals surface area contributed by atoms with Crippen LogP contribution >= 0.6 is 0 Å². The van der Waals surface area contributed by atoms with E-state index in [0.29, 0.717) is 18.0 Å². The smallest absolute Gasteiger partial charge is 0.251 e. The minimum absolute atomic E-state index is 0.00423. The molecule has 1 saturated carbocycles. The first kappa shape index (κ1) is 14.5. The van der Waals surface area contributed by atoms with Crippen molar-refractivity contribution in [2.75, 3.05) is 18.9 Å². The topological polar surface area (TPSA) is 70.2 Å². The Morgan fingerprint density at radius 2 is 1.90 bits per heavy atom. The lowest BCUT2D eigenvalue weighted by Gasteiger charge is -2.07. The van der Waals surface area contributed by atoms with Crippen LogP contribution in [0.1, 0.15) is 36.0 Å². The maximum Gasteiger partial charge on any atom is 0.251 e. The van der Waals surface area contributed by atoms with Gasteiger partial charge in [-0.3, -0.25) is 9.59 Å². The second kappa shape index (κ2) is 7.05. The van der Waals surface area contributed by atoms with E-state index in [9.17, 15) is 9.59 Å². The predicted molar refractivity (Wildman–Crippen MR) is 78.7 cm³/mol. The third-order valence-electron chi connectivity index (χ3n) is 3.17. The van der Waals surface area contributed by atoms with Crippen molar-refractivity contribution in [3.05, 3.63) is 29.8 Å². The number of anilines is 1. The molecule has 0 saturated heterocycles. The molecule has 0 atom stereocenters. The fourth-order valence-corrected chi connectivity index (χ4v) is 1.85. The summed E-state index contributed by atoms with van der Waals surface area (Å²) >= 11 is 0. The molecule has 0 aliphatic heterocycles. The highest BCUT2D eigenvalue weighted by Gasteiger charge is 2.23. The van der Waals surface area contributed by atoms with Gasteiger partial charge in [-0.05, 0) is 57.1 Å². The van der Waals surface area contributed by atoms with Crippen LogP contribution in [-0.4, -0.2) is 31.4 Å². The van der Waals surface area contributed by atoms with E-state index in [1.54, 1.807) is 24.3 Å². The lowest BCUT2D eigenvalue weighted by Crippen LogP contribution is -2.25. The third-order valence-corrected chi connectivity index (χ3v) is 3.17. The van der Waals surface area contributed by atoms with E-state index in [2.05, 4.69) is 16.0 Å². The van der Waals surface area contributed by atoms with E-state index in [4.69, 9.17) is 0 Å². The quantitative estimate of drug-likeness (QED) is 0.661. The molecule has 2 amide bonds. The van der Waals surface area contributed by atoms with Gasteiger partial charge in [0.25, 0.3) is 5.91 Å². The molecule has 2 rings (SSSR count). The second-order valence-corrected chi connectivity index (χ2v) is 5.08. The molecule has 1 fully saturated rings. The Bertz CT molecular complexity index is 467. The Balaban J connectivity index is 1.81. The molecular weight excluding hydrogens is 254 g/mol. The van der Waals surface area contributed by atoms with Crippen molar-refractivity contribution in [1.29, 1.82) is 0 Å². The van der Waals surface area contributed by atoms with Crippen LogP contribution in [0.2, 0.25) is 0 Å². The van der Waals surface area contributed by atoms with E-state index < -0.39 is 0 Å². The van der Waals surface area contributed by atoms with Gasteiger partial charge in [0.2, 0.25) is 5.91 Å². The average Bonchev–Trinajstić information content (AvgIpc) is 3.24. The third kappa shape index (κ3) is 4.66. The number of nitrogens with one attached hydrogen (secondary N) is 3. The predicted octanol–water partition coefficient (Wildman–Crippen LogP) is 1.52. The van der Waals surface area contributed by atoms with Crippen LogP contribution in [0.15, 0.2) is 24.3 Å². The van der Waals surface area contributed by atoms with Crippen LogP contribution in [-0.2, 0) is 4.79 Å². The molecule has 5 nitrogen and oxygen atoms in total. The SMILES string of the molecule is CNCCCC(=O)Nc1ccc(C(=O)NC2CC2)cc1. The van der Waals surface area contributed by atoms with Gasteiger partial charge in [0.05, 0.1) is 0 Å². The first-order valence-electron chi connectivity index (χ1n) is 7.04. The van der Waals surface area contributed by atoms with Crippen molar-refractivity contribution in [2.45, 2.75) is 31.7 Å². The van der Waals surface area contributed by atoms with Crippen LogP contribution in [0.5, 0.6) is 0 Å². The van der Waals surface area contributed by atoms with Gasteiger partial charge < -0.3 is 16.0 Å². The van der Waals surface area contributed by atoms with Gasteiger partial charge in [-0.2, -0.15) is 0 Å². The van der Waals surface area contributed by atoms with Crippen molar-refractivity contribution in [3.8, 4) is 0 Å². The van der Waals surface area contributed by atoms with Crippen LogP contribution in [0.25, 0.3) is 0 Å². The number of amides is 2. The van der Waals surface area contributed by atoms with E-state index >= 15 is 0 Å². The molecular formula is C15H21N3O2. The lowest BCUT2D eigenvalue weighted by molar-refractivity contribution is -0.116. The number of hydrogen-bond donors (Lipinski definition) is 3. The molecule has 1 aromatic rings. The molecule has 0 spiro atoms. The zero-order chi connectivity index (χ0) is 14.4. The summed E-state index contributed by atoms with van der Waals surface area (Å²) in [5, 5.41) is 8.76. The number of carbonyl (C=O) groups is 2. The Morgan fingerprint density at radius 1 is 1.20 bits per heavy atom. The van der Waals surface area contributed by atoms with Gasteiger partial charge in [-0.25, -0.2) is 0 Å². The summed E-state index contributed by atoms with van der Waals surface area (Å²) in [6, 6.07) is 7.35. The van der Waals surface area contributed by atoms with Gasteiger partial charge in [0.15, 0.2) is 0 Å². The van der Waals surface area contributed by atoms with Crippen molar-refractivity contribution in [1.82, 2.24) is 10.6 Å². The number of hydrogen-bond acceptors (Lipinski definition) is 3. The molecule has 0 bridgehead atoms. The van der Waals surface area contributed by atoms with Gasteiger partial charge >= 0.3 is 0 Å². The van der Waals surface area contributed by atoms with Crippen molar-refractivity contribution >= 4 is 17.5 Å². The average molecular weight is 275 g/mol. The highest BCUT2D eigenvalue weighted by atomic mass is 16.2. The Hall–Kier alpha value is -1.88. The minimum Gasteiger partial charge on any atom is -0.349 e. The summed E-state index contributed by atoms with van der Waals surface area (Å²) in [5.41, 5.74) is 1.35. The van der Waals surface area contributed by atoms with E-state index in [0.717, 1.165) is 31.5 Å². The number of rotatable bonds is 7. The van der Waals surface area contributed by atoms with E-state index in [1.807, 2.05) is 7.05 Å². The lowest BCUT2D eigenvalue weighted by atomic mass is 10.2. The second-order valence-electron chi connectivity index (χ2n) is 5.08. The number of benzene rings is 1. The normalized spacial score (nSPS) is 13.8. The summed E-state index contributed by atoms with van der Waals surface area (Å²) in [6.45, 7) is 0.827. The minimum atomic E-state index is -0.0422. The Morgan fingerprint density at radius 3 is 2.50 bits per heavy atom. The number of carbonyl (C=O) groups excluding carboxylic acids is 2. The first-order valence-corrected chi connectivity index (χ1v) is 7.04. The molecule has 0 heterocycles. The molecule has 20 heavy (non-hydrogen) atoms. The summed E-state index contributed by atoms with van der Waals surface area (Å²) in [4.78, 5) is 23.4. The van der Waals surface area contributed by atoms with Crippen LogP contribution in [0.3, 0.4) is 0 Å². The Labute approximate surface area is 119 Å². The monoisotopic (exact) mass is 275 g/mol. The first-order chi connectivity index (χ1) is 9.69. The fourth-order valence-electron chi connectivity index (χ4n) is 1.85. The standard InChI is InChI=1S/C15H21N3O2/c1-16-10-2-3-14(19)17-12-6-4-11(5-7-12)15(20)18-13-8-9-13/h4-7,13,16H,2-3,8-10H2,1H3,(H,17,19)(H,18,20). The maximum absolute atomic E-state index is 11.8. The van der Waals surface area contributed by atoms with Gasteiger partial charge in [0.1, 0.15) is 0 Å². The molecule has 0 radical (unpaired) electrons. The fraction of sp³-hybridized carbons (Fsp3) is 0.467. The van der Waals surface area contributed by atoms with Crippen LogP contribution < -0.4 is 16.0 Å². The molecule has 1 aliphatic rings. The summed E-state index contributed by atoms with van der Waals surface area (Å²) < 4.78 is 0. The highest BCUT2D eigenvalue weighted by molar-refractivity contribution is 5.96. The van der Waals surface area contributed by atoms with Crippen LogP contribution in [0.4, 0.5) is 5.69 Å². The highest BCUT2D eigenvalue weighted by Crippen LogP contribution is 2.19. The molecule has 0 unspecified atom stereocenters. The molecule has 3 N–H and O–H groups in total. The van der Waals surface area contributed by atoms with Crippen molar-refractivity contribution < 1.29 is 9.59 Å². The summed E-state index contributed by atoms with van der Waals surface area (Å²) in [7, 11) is 1.86. The van der Waals surface area contributed by atoms with Gasteiger partial charge in [-0.1, -0.05) is 0 Å². The summed E-state index contributed by atoms with van der Waals surface area (Å²) in [6.07, 6.45) is 3.45. The maximum atomic E-state index is 11.8. The van der Waals surface area contributed by atoms with Gasteiger partial charge in [-0.15, -0.1) is 0 Å².